The number of benzene rings is 1. The fourth-order valence-electron chi connectivity index (χ4n) is 1.98. The van der Waals surface area contributed by atoms with Crippen LogP contribution in [0, 0.1) is 0 Å². The van der Waals surface area contributed by atoms with Gasteiger partial charge in [-0.15, -0.1) is 0 Å². The van der Waals surface area contributed by atoms with E-state index in [4.69, 9.17) is 0 Å². The second-order valence-corrected chi connectivity index (χ2v) is 4.06. The van der Waals surface area contributed by atoms with Crippen LogP contribution in [0.1, 0.15) is 18.4 Å². The molecule has 3 rings (SSSR count). The van der Waals surface area contributed by atoms with Gasteiger partial charge in [0.25, 0.3) is 0 Å². The Morgan fingerprint density at radius 2 is 2.21 bits per heavy atom. The van der Waals surface area contributed by atoms with Gasteiger partial charge in [0.05, 0.1) is 23.0 Å². The summed E-state index contributed by atoms with van der Waals surface area (Å²) in [6.07, 6.45) is 3.54. The average molecular weight is 188 g/mol. The van der Waals surface area contributed by atoms with E-state index in [1.165, 1.54) is 0 Å². The van der Waals surface area contributed by atoms with Crippen LogP contribution in [0.3, 0.4) is 0 Å². The Morgan fingerprint density at radius 3 is 2.93 bits per heavy atom. The summed E-state index contributed by atoms with van der Waals surface area (Å²) in [7, 11) is 1.96. The number of para-hydroxylation sites is 1. The van der Waals surface area contributed by atoms with Gasteiger partial charge >= 0.3 is 0 Å². The summed E-state index contributed by atoms with van der Waals surface area (Å²) in [5, 5.41) is 10.1. The molecule has 1 aromatic carbocycles. The van der Waals surface area contributed by atoms with Gasteiger partial charge in [0, 0.05) is 12.6 Å². The van der Waals surface area contributed by atoms with E-state index in [1.807, 2.05) is 29.8 Å². The molecule has 3 heteroatoms. The predicted octanol–water partition coefficient (Wildman–Crippen LogP) is 1.55. The summed E-state index contributed by atoms with van der Waals surface area (Å²) in [6.45, 7) is 0. The van der Waals surface area contributed by atoms with Crippen molar-refractivity contribution in [2.24, 2.45) is 7.05 Å². The molecule has 1 saturated carbocycles. The van der Waals surface area contributed by atoms with Gasteiger partial charge in [-0.3, -0.25) is 0 Å². The van der Waals surface area contributed by atoms with Crippen LogP contribution in [-0.2, 0) is 12.6 Å². The average Bonchev–Trinajstić information content (AvgIpc) is 2.83. The van der Waals surface area contributed by atoms with E-state index in [-0.39, 0.29) is 0 Å². The molecule has 1 aromatic heterocycles. The largest absolute Gasteiger partial charge is 0.385 e. The number of rotatable bonds is 1. The molecule has 0 radical (unpaired) electrons. The summed E-state index contributed by atoms with van der Waals surface area (Å²) in [4.78, 5) is 4.27. The number of aryl methyl sites for hydroxylation is 1. The lowest BCUT2D eigenvalue weighted by molar-refractivity contribution is 0.153. The molecule has 1 fully saturated rings. The molecule has 0 aliphatic heterocycles. The Labute approximate surface area is 82.0 Å². The molecule has 1 aliphatic rings. The maximum atomic E-state index is 10.1. The molecule has 0 saturated heterocycles. The molecule has 0 bridgehead atoms. The van der Waals surface area contributed by atoms with E-state index in [2.05, 4.69) is 4.98 Å². The highest BCUT2D eigenvalue weighted by molar-refractivity contribution is 5.80. The van der Waals surface area contributed by atoms with Crippen molar-refractivity contribution in [3.05, 3.63) is 30.1 Å². The van der Waals surface area contributed by atoms with Gasteiger partial charge in [0.1, 0.15) is 0 Å². The molecule has 72 valence electrons. The SMILES string of the molecule is Cn1cnc2cccc(C3(O)CC3)c21. The lowest BCUT2D eigenvalue weighted by atomic mass is 10.1. The van der Waals surface area contributed by atoms with Crippen molar-refractivity contribution in [3.63, 3.8) is 0 Å². The molecule has 1 aliphatic carbocycles. The molecular weight excluding hydrogens is 176 g/mol. The maximum Gasteiger partial charge on any atom is 0.0955 e. The monoisotopic (exact) mass is 188 g/mol. The van der Waals surface area contributed by atoms with Crippen LogP contribution in [-0.4, -0.2) is 14.7 Å². The zero-order chi connectivity index (χ0) is 9.76. The minimum atomic E-state index is -0.576. The second kappa shape index (κ2) is 2.36. The van der Waals surface area contributed by atoms with Crippen molar-refractivity contribution in [2.75, 3.05) is 0 Å². The third kappa shape index (κ3) is 0.930. The fraction of sp³-hybridized carbons (Fsp3) is 0.364. The third-order valence-electron chi connectivity index (χ3n) is 2.96. The summed E-state index contributed by atoms with van der Waals surface area (Å²) in [5.41, 5.74) is 2.47. The van der Waals surface area contributed by atoms with E-state index < -0.39 is 5.60 Å². The number of hydrogen-bond acceptors (Lipinski definition) is 2. The Morgan fingerprint density at radius 1 is 1.43 bits per heavy atom. The van der Waals surface area contributed by atoms with Crippen LogP contribution in [0.2, 0.25) is 0 Å². The van der Waals surface area contributed by atoms with Crippen LogP contribution >= 0.6 is 0 Å². The number of hydrogen-bond donors (Lipinski definition) is 1. The summed E-state index contributed by atoms with van der Waals surface area (Å²) < 4.78 is 1.97. The molecule has 0 spiro atoms. The summed E-state index contributed by atoms with van der Waals surface area (Å²) in [5.74, 6) is 0. The highest BCUT2D eigenvalue weighted by atomic mass is 16.3. The molecular formula is C11H12N2O. The second-order valence-electron chi connectivity index (χ2n) is 4.06. The van der Waals surface area contributed by atoms with E-state index in [1.54, 1.807) is 6.33 Å². The zero-order valence-electron chi connectivity index (χ0n) is 8.07. The number of aromatic nitrogens is 2. The highest BCUT2D eigenvalue weighted by Crippen LogP contribution is 2.47. The van der Waals surface area contributed by atoms with Crippen LogP contribution in [0.5, 0.6) is 0 Å². The zero-order valence-corrected chi connectivity index (χ0v) is 8.07. The quantitative estimate of drug-likeness (QED) is 0.737. The van der Waals surface area contributed by atoms with Crippen LogP contribution in [0.4, 0.5) is 0 Å². The van der Waals surface area contributed by atoms with Gasteiger partial charge in [-0.1, -0.05) is 12.1 Å². The van der Waals surface area contributed by atoms with Gasteiger partial charge < -0.3 is 9.67 Å². The van der Waals surface area contributed by atoms with Crippen molar-refractivity contribution in [1.82, 2.24) is 9.55 Å². The minimum Gasteiger partial charge on any atom is -0.385 e. The molecule has 0 atom stereocenters. The molecule has 3 nitrogen and oxygen atoms in total. The standard InChI is InChI=1S/C11H12N2O/c1-13-7-12-9-4-2-3-8(10(9)13)11(14)5-6-11/h2-4,7,14H,5-6H2,1H3. The first-order chi connectivity index (χ1) is 6.71. The smallest absolute Gasteiger partial charge is 0.0955 e. The van der Waals surface area contributed by atoms with Crippen LogP contribution in [0.25, 0.3) is 11.0 Å². The minimum absolute atomic E-state index is 0.576. The normalized spacial score (nSPS) is 18.7. The van der Waals surface area contributed by atoms with Crippen molar-refractivity contribution in [2.45, 2.75) is 18.4 Å². The van der Waals surface area contributed by atoms with Crippen molar-refractivity contribution in [1.29, 1.82) is 0 Å². The Balaban J connectivity index is 2.37. The first kappa shape index (κ1) is 8.00. The summed E-state index contributed by atoms with van der Waals surface area (Å²) >= 11 is 0. The Bertz CT molecular complexity index is 497. The van der Waals surface area contributed by atoms with Gasteiger partial charge in [0.2, 0.25) is 0 Å². The number of imidazole rings is 1. The first-order valence-corrected chi connectivity index (χ1v) is 4.84. The van der Waals surface area contributed by atoms with Crippen molar-refractivity contribution >= 4 is 11.0 Å². The Kier molecular flexibility index (Phi) is 1.35. The molecule has 0 amide bonds. The van der Waals surface area contributed by atoms with Gasteiger partial charge in [-0.05, 0) is 18.9 Å². The maximum absolute atomic E-state index is 10.1. The first-order valence-electron chi connectivity index (χ1n) is 4.84. The molecule has 2 aromatic rings. The fourth-order valence-corrected chi connectivity index (χ4v) is 1.98. The molecule has 1 heterocycles. The van der Waals surface area contributed by atoms with Crippen molar-refractivity contribution in [3.8, 4) is 0 Å². The topological polar surface area (TPSA) is 38.0 Å². The van der Waals surface area contributed by atoms with E-state index in [9.17, 15) is 5.11 Å². The lowest BCUT2D eigenvalue weighted by Gasteiger charge is -2.10. The number of aliphatic hydroxyl groups is 1. The molecule has 1 N–H and O–H groups in total. The van der Waals surface area contributed by atoms with Gasteiger partial charge in [-0.2, -0.15) is 0 Å². The Hall–Kier alpha value is -1.35. The number of fused-ring (bicyclic) bond motifs is 1. The molecule has 14 heavy (non-hydrogen) atoms. The summed E-state index contributed by atoms with van der Waals surface area (Å²) in [6, 6.07) is 5.93. The molecule has 0 unspecified atom stereocenters. The van der Waals surface area contributed by atoms with Crippen LogP contribution < -0.4 is 0 Å². The number of nitrogens with zero attached hydrogens (tertiary/aromatic N) is 2. The van der Waals surface area contributed by atoms with E-state index in [0.717, 1.165) is 29.4 Å². The van der Waals surface area contributed by atoms with Crippen LogP contribution in [0.15, 0.2) is 24.5 Å². The van der Waals surface area contributed by atoms with E-state index in [0.29, 0.717) is 0 Å². The van der Waals surface area contributed by atoms with E-state index >= 15 is 0 Å². The lowest BCUT2D eigenvalue weighted by Crippen LogP contribution is -2.06. The highest BCUT2D eigenvalue weighted by Gasteiger charge is 2.43. The van der Waals surface area contributed by atoms with Gasteiger partial charge in [-0.25, -0.2) is 4.98 Å². The van der Waals surface area contributed by atoms with Crippen molar-refractivity contribution < 1.29 is 5.11 Å². The van der Waals surface area contributed by atoms with Gasteiger partial charge in [0.15, 0.2) is 0 Å². The predicted molar refractivity (Wildman–Crippen MR) is 53.8 cm³/mol. The third-order valence-corrected chi connectivity index (χ3v) is 2.96.